The highest BCUT2D eigenvalue weighted by Crippen LogP contribution is 2.09. The van der Waals surface area contributed by atoms with Crippen molar-refractivity contribution >= 4 is 41.4 Å². The van der Waals surface area contributed by atoms with Crippen LogP contribution in [0.4, 0.5) is 0 Å². The molecule has 1 rings (SSSR count). The Bertz CT molecular complexity index is 900. The van der Waals surface area contributed by atoms with Gasteiger partial charge in [-0.05, 0) is 29.9 Å². The van der Waals surface area contributed by atoms with E-state index < -0.39 is 60.2 Å². The number of primary amides is 1. The van der Waals surface area contributed by atoms with Gasteiger partial charge in [0, 0.05) is 6.42 Å². The summed E-state index contributed by atoms with van der Waals surface area (Å²) in [4.78, 5) is 61.9. The molecule has 0 saturated carbocycles. The van der Waals surface area contributed by atoms with Gasteiger partial charge in [-0.3, -0.25) is 19.2 Å². The maximum Gasteiger partial charge on any atom is 0.326 e. The van der Waals surface area contributed by atoms with Crippen LogP contribution in [0, 0.1) is 5.92 Å². The summed E-state index contributed by atoms with van der Waals surface area (Å²) in [7, 11) is 0. The first-order valence-electron chi connectivity index (χ1n) is 11.7. The van der Waals surface area contributed by atoms with E-state index >= 15 is 0 Å². The third kappa shape index (κ3) is 10.6. The molecule has 4 amide bonds. The van der Waals surface area contributed by atoms with E-state index in [1.165, 1.54) is 11.8 Å². The number of hydrogen-bond donors (Lipinski definition) is 6. The van der Waals surface area contributed by atoms with Crippen LogP contribution >= 0.6 is 11.8 Å². The summed E-state index contributed by atoms with van der Waals surface area (Å²) in [6, 6.07) is 4.23. The zero-order valence-electron chi connectivity index (χ0n) is 20.9. The number of aliphatic carboxylic acids is 1. The quantitative estimate of drug-likeness (QED) is 0.171. The zero-order valence-corrected chi connectivity index (χ0v) is 21.7. The molecular weight excluding hydrogens is 486 g/mol. The number of carboxylic acids is 1. The highest BCUT2D eigenvalue weighted by molar-refractivity contribution is 7.98. The van der Waals surface area contributed by atoms with E-state index in [-0.39, 0.29) is 18.8 Å². The molecule has 1 aromatic rings. The van der Waals surface area contributed by atoms with Crippen LogP contribution in [-0.4, -0.2) is 70.9 Å². The van der Waals surface area contributed by atoms with Crippen LogP contribution < -0.4 is 27.4 Å². The molecule has 0 aliphatic carbocycles. The Morgan fingerprint density at radius 3 is 2.03 bits per heavy atom. The first kappa shape index (κ1) is 30.9. The molecule has 8 N–H and O–H groups in total. The standard InChI is InChI=1S/C24H37N5O6S/c1-4-14(2)20(26)23(33)29-18(13-19(25)30)22(32)28-17(12-15-8-6-5-7-9-15)21(31)27-16(24(34)35)10-11-36-3/h5-9,14,16-18,20H,4,10-13,26H2,1-3H3,(H2,25,30)(H,27,31)(H,28,32)(H,29,33)(H,34,35). The molecule has 200 valence electrons. The van der Waals surface area contributed by atoms with Gasteiger partial charge in [-0.2, -0.15) is 11.8 Å². The molecule has 0 aliphatic rings. The number of rotatable bonds is 16. The van der Waals surface area contributed by atoms with E-state index in [1.807, 2.05) is 13.2 Å². The highest BCUT2D eigenvalue weighted by atomic mass is 32.2. The molecule has 0 fully saturated rings. The predicted molar refractivity (Wildman–Crippen MR) is 138 cm³/mol. The monoisotopic (exact) mass is 523 g/mol. The first-order chi connectivity index (χ1) is 17.0. The van der Waals surface area contributed by atoms with Gasteiger partial charge in [0.05, 0.1) is 12.5 Å². The lowest BCUT2D eigenvalue weighted by Gasteiger charge is -2.25. The van der Waals surface area contributed by atoms with E-state index in [0.717, 1.165) is 0 Å². The van der Waals surface area contributed by atoms with Crippen LogP contribution in [0.25, 0.3) is 0 Å². The van der Waals surface area contributed by atoms with Gasteiger partial charge in [0.1, 0.15) is 18.1 Å². The largest absolute Gasteiger partial charge is 0.480 e. The Labute approximate surface area is 215 Å². The lowest BCUT2D eigenvalue weighted by atomic mass is 9.98. The van der Waals surface area contributed by atoms with Crippen LogP contribution in [0.15, 0.2) is 30.3 Å². The van der Waals surface area contributed by atoms with Crippen molar-refractivity contribution in [2.75, 3.05) is 12.0 Å². The fraction of sp³-hybridized carbons (Fsp3) is 0.542. The summed E-state index contributed by atoms with van der Waals surface area (Å²) >= 11 is 1.44. The lowest BCUT2D eigenvalue weighted by molar-refractivity contribution is -0.142. The van der Waals surface area contributed by atoms with E-state index in [9.17, 15) is 29.1 Å². The van der Waals surface area contributed by atoms with Crippen LogP contribution in [0.5, 0.6) is 0 Å². The molecule has 0 aromatic heterocycles. The van der Waals surface area contributed by atoms with E-state index in [4.69, 9.17) is 11.5 Å². The predicted octanol–water partition coefficient (Wildman–Crippen LogP) is -0.230. The topological polar surface area (TPSA) is 194 Å². The number of carbonyl (C=O) groups is 5. The Hall–Kier alpha value is -3.12. The van der Waals surface area contributed by atoms with Crippen LogP contribution in [0.1, 0.15) is 38.7 Å². The molecule has 36 heavy (non-hydrogen) atoms. The number of nitrogens with one attached hydrogen (secondary N) is 3. The van der Waals surface area contributed by atoms with Crippen molar-refractivity contribution in [3.05, 3.63) is 35.9 Å². The lowest BCUT2D eigenvalue weighted by Crippen LogP contribution is -2.58. The molecule has 5 atom stereocenters. The smallest absolute Gasteiger partial charge is 0.326 e. The Kier molecular flexibility index (Phi) is 13.6. The Morgan fingerprint density at radius 1 is 0.944 bits per heavy atom. The Morgan fingerprint density at radius 2 is 1.50 bits per heavy atom. The minimum Gasteiger partial charge on any atom is -0.480 e. The number of thioether (sulfide) groups is 1. The second-order valence-corrected chi connectivity index (χ2v) is 9.56. The maximum absolute atomic E-state index is 13.1. The molecule has 0 aliphatic heterocycles. The fourth-order valence-corrected chi connectivity index (χ4v) is 3.76. The van der Waals surface area contributed by atoms with Gasteiger partial charge in [-0.1, -0.05) is 50.6 Å². The summed E-state index contributed by atoms with van der Waals surface area (Å²) in [5.41, 5.74) is 11.9. The summed E-state index contributed by atoms with van der Waals surface area (Å²) in [5, 5.41) is 17.0. The molecule has 11 nitrogen and oxygen atoms in total. The number of nitrogens with two attached hydrogens (primary N) is 2. The van der Waals surface area contributed by atoms with Gasteiger partial charge in [-0.25, -0.2) is 4.79 Å². The zero-order chi connectivity index (χ0) is 27.3. The second kappa shape index (κ2) is 15.8. The van der Waals surface area contributed by atoms with Gasteiger partial charge in [0.15, 0.2) is 0 Å². The highest BCUT2D eigenvalue weighted by Gasteiger charge is 2.31. The van der Waals surface area contributed by atoms with E-state index in [0.29, 0.717) is 17.7 Å². The normalized spacial score (nSPS) is 15.0. The fourth-order valence-electron chi connectivity index (χ4n) is 3.29. The van der Waals surface area contributed by atoms with Crippen molar-refractivity contribution in [3.8, 4) is 0 Å². The number of carboxylic acid groups (broad SMARTS) is 1. The van der Waals surface area contributed by atoms with Crippen LogP contribution in [0.2, 0.25) is 0 Å². The van der Waals surface area contributed by atoms with E-state index in [2.05, 4.69) is 16.0 Å². The van der Waals surface area contributed by atoms with Crippen molar-refractivity contribution < 1.29 is 29.1 Å². The minimum atomic E-state index is -1.36. The summed E-state index contributed by atoms with van der Waals surface area (Å²) in [6.07, 6.45) is 2.19. The molecule has 1 aromatic carbocycles. The van der Waals surface area contributed by atoms with Gasteiger partial charge in [0.2, 0.25) is 23.6 Å². The van der Waals surface area contributed by atoms with Crippen LogP contribution in [0.3, 0.4) is 0 Å². The average Bonchev–Trinajstić information content (AvgIpc) is 2.84. The van der Waals surface area contributed by atoms with Crippen molar-refractivity contribution in [1.82, 2.24) is 16.0 Å². The summed E-state index contributed by atoms with van der Waals surface area (Å²) < 4.78 is 0. The van der Waals surface area contributed by atoms with Crippen molar-refractivity contribution in [2.24, 2.45) is 17.4 Å². The molecule has 0 saturated heterocycles. The molecule has 0 radical (unpaired) electrons. The molecule has 12 heteroatoms. The Balaban J connectivity index is 3.12. The molecule has 0 bridgehead atoms. The second-order valence-electron chi connectivity index (χ2n) is 8.57. The number of carbonyl (C=O) groups excluding carboxylic acids is 4. The van der Waals surface area contributed by atoms with Gasteiger partial charge < -0.3 is 32.5 Å². The van der Waals surface area contributed by atoms with Gasteiger partial charge >= 0.3 is 5.97 Å². The number of benzene rings is 1. The SMILES string of the molecule is CCC(C)C(N)C(=O)NC(CC(N)=O)C(=O)NC(Cc1ccccc1)C(=O)NC(CCSC)C(=O)O. The average molecular weight is 524 g/mol. The van der Waals surface area contributed by atoms with Gasteiger partial charge in [-0.15, -0.1) is 0 Å². The maximum atomic E-state index is 13.1. The number of hydrogen-bond acceptors (Lipinski definition) is 7. The minimum absolute atomic E-state index is 0.0525. The van der Waals surface area contributed by atoms with Gasteiger partial charge in [0.25, 0.3) is 0 Å². The van der Waals surface area contributed by atoms with E-state index in [1.54, 1.807) is 37.3 Å². The third-order valence-electron chi connectivity index (χ3n) is 5.74. The molecule has 0 spiro atoms. The van der Waals surface area contributed by atoms with Crippen molar-refractivity contribution in [2.45, 2.75) is 63.7 Å². The molecule has 5 unspecified atom stereocenters. The molecular formula is C24H37N5O6S. The summed E-state index contributed by atoms with van der Waals surface area (Å²) in [6.45, 7) is 3.64. The van der Waals surface area contributed by atoms with Crippen LogP contribution in [-0.2, 0) is 30.4 Å². The van der Waals surface area contributed by atoms with Crippen molar-refractivity contribution in [1.29, 1.82) is 0 Å². The first-order valence-corrected chi connectivity index (χ1v) is 13.1. The van der Waals surface area contributed by atoms with Crippen molar-refractivity contribution in [3.63, 3.8) is 0 Å². The number of amides is 4. The molecule has 0 heterocycles. The third-order valence-corrected chi connectivity index (χ3v) is 6.38. The summed E-state index contributed by atoms with van der Waals surface area (Å²) in [5.74, 6) is -3.84.